The van der Waals surface area contributed by atoms with Gasteiger partial charge in [0.2, 0.25) is 0 Å². The summed E-state index contributed by atoms with van der Waals surface area (Å²) in [6.07, 6.45) is 4.32. The van der Waals surface area contributed by atoms with Crippen LogP contribution in [0.25, 0.3) is 0 Å². The minimum atomic E-state index is 0.0816. The molecule has 2 fully saturated rings. The first-order valence-electron chi connectivity index (χ1n) is 8.30. The fourth-order valence-electron chi connectivity index (χ4n) is 3.65. The number of amides is 2. The summed E-state index contributed by atoms with van der Waals surface area (Å²) in [6, 6.07) is 2.38. The van der Waals surface area contributed by atoms with E-state index < -0.39 is 0 Å². The zero-order valence-electron chi connectivity index (χ0n) is 13.6. The van der Waals surface area contributed by atoms with Gasteiger partial charge in [0.1, 0.15) is 0 Å². The van der Waals surface area contributed by atoms with Crippen LogP contribution in [0.5, 0.6) is 0 Å². The zero-order chi connectivity index (χ0) is 15.6. The molecule has 1 spiro atoms. The number of rotatable bonds is 3. The SMILES string of the molecule is CCC(NC(=O)N1CCC2(CCCOC2)C1)c1csc(C)c1. The van der Waals surface area contributed by atoms with Gasteiger partial charge in [-0.05, 0) is 49.6 Å². The third kappa shape index (κ3) is 3.30. The van der Waals surface area contributed by atoms with Crippen LogP contribution in [0.15, 0.2) is 11.4 Å². The molecule has 3 heterocycles. The number of urea groups is 1. The number of carbonyl (C=O) groups excluding carboxylic acids is 1. The molecular formula is C17H26N2O2S. The molecule has 3 rings (SSSR count). The number of carbonyl (C=O) groups is 1. The van der Waals surface area contributed by atoms with Gasteiger partial charge in [0, 0.05) is 30.0 Å². The average Bonchev–Trinajstić information content (AvgIpc) is 3.13. The Morgan fingerprint density at radius 3 is 3.05 bits per heavy atom. The van der Waals surface area contributed by atoms with Crippen molar-refractivity contribution in [2.45, 2.75) is 45.6 Å². The van der Waals surface area contributed by atoms with Gasteiger partial charge in [0.05, 0.1) is 12.6 Å². The van der Waals surface area contributed by atoms with Crippen LogP contribution in [-0.2, 0) is 4.74 Å². The van der Waals surface area contributed by atoms with Crippen molar-refractivity contribution in [1.82, 2.24) is 10.2 Å². The molecule has 2 amide bonds. The van der Waals surface area contributed by atoms with Crippen molar-refractivity contribution >= 4 is 17.4 Å². The molecule has 22 heavy (non-hydrogen) atoms. The molecule has 0 radical (unpaired) electrons. The van der Waals surface area contributed by atoms with Gasteiger partial charge in [-0.15, -0.1) is 11.3 Å². The van der Waals surface area contributed by atoms with Crippen LogP contribution < -0.4 is 5.32 Å². The minimum absolute atomic E-state index is 0.0816. The molecule has 4 nitrogen and oxygen atoms in total. The summed E-state index contributed by atoms with van der Waals surface area (Å²) in [6.45, 7) is 7.63. The van der Waals surface area contributed by atoms with Crippen LogP contribution >= 0.6 is 11.3 Å². The quantitative estimate of drug-likeness (QED) is 0.921. The molecule has 0 bridgehead atoms. The Hall–Kier alpha value is -1.07. The van der Waals surface area contributed by atoms with Crippen LogP contribution in [0.1, 0.15) is 49.1 Å². The van der Waals surface area contributed by atoms with Crippen LogP contribution in [0.4, 0.5) is 4.79 Å². The Kier molecular flexibility index (Phi) is 4.73. The molecule has 0 aliphatic carbocycles. The lowest BCUT2D eigenvalue weighted by atomic mass is 9.82. The number of nitrogens with zero attached hydrogens (tertiary/aromatic N) is 1. The lowest BCUT2D eigenvalue weighted by molar-refractivity contribution is -0.000479. The Labute approximate surface area is 136 Å². The number of hydrogen-bond acceptors (Lipinski definition) is 3. The van der Waals surface area contributed by atoms with Crippen molar-refractivity contribution in [2.75, 3.05) is 26.3 Å². The van der Waals surface area contributed by atoms with Gasteiger partial charge in [0.15, 0.2) is 0 Å². The van der Waals surface area contributed by atoms with E-state index in [0.29, 0.717) is 0 Å². The van der Waals surface area contributed by atoms with Crippen molar-refractivity contribution in [3.63, 3.8) is 0 Å². The smallest absolute Gasteiger partial charge is 0.317 e. The van der Waals surface area contributed by atoms with Gasteiger partial charge >= 0.3 is 6.03 Å². The maximum absolute atomic E-state index is 12.6. The number of likely N-dealkylation sites (tertiary alicyclic amines) is 1. The van der Waals surface area contributed by atoms with Gasteiger partial charge in [-0.1, -0.05) is 6.92 Å². The van der Waals surface area contributed by atoms with Crippen molar-refractivity contribution in [3.05, 3.63) is 21.9 Å². The van der Waals surface area contributed by atoms with E-state index in [9.17, 15) is 4.79 Å². The standard InChI is InChI=1S/C17H26N2O2S/c1-3-15(14-9-13(2)22-10-14)18-16(20)19-7-6-17(11-19)5-4-8-21-12-17/h9-10,15H,3-8,11-12H2,1-2H3,(H,18,20). The second kappa shape index (κ2) is 6.59. The predicted octanol–water partition coefficient (Wildman–Crippen LogP) is 3.72. The summed E-state index contributed by atoms with van der Waals surface area (Å²) in [5.74, 6) is 0. The van der Waals surface area contributed by atoms with E-state index in [1.807, 2.05) is 4.90 Å². The van der Waals surface area contributed by atoms with Crippen LogP contribution in [0.2, 0.25) is 0 Å². The molecule has 5 heteroatoms. The summed E-state index contributed by atoms with van der Waals surface area (Å²) in [5, 5.41) is 5.37. The highest BCUT2D eigenvalue weighted by Crippen LogP contribution is 2.38. The number of nitrogens with one attached hydrogen (secondary N) is 1. The summed E-state index contributed by atoms with van der Waals surface area (Å²) in [5.41, 5.74) is 1.45. The summed E-state index contributed by atoms with van der Waals surface area (Å²) < 4.78 is 5.65. The third-order valence-corrected chi connectivity index (χ3v) is 5.87. The van der Waals surface area contributed by atoms with Crippen LogP contribution in [0.3, 0.4) is 0 Å². The van der Waals surface area contributed by atoms with Gasteiger partial charge < -0.3 is 15.0 Å². The Morgan fingerprint density at radius 2 is 2.41 bits per heavy atom. The van der Waals surface area contributed by atoms with Crippen molar-refractivity contribution in [3.8, 4) is 0 Å². The fraction of sp³-hybridized carbons (Fsp3) is 0.706. The van der Waals surface area contributed by atoms with E-state index >= 15 is 0 Å². The Bertz CT molecular complexity index is 522. The van der Waals surface area contributed by atoms with Gasteiger partial charge in [0.25, 0.3) is 0 Å². The summed E-state index contributed by atoms with van der Waals surface area (Å²) in [4.78, 5) is 15.9. The molecule has 1 N–H and O–H groups in total. The van der Waals surface area contributed by atoms with E-state index in [1.165, 1.54) is 16.9 Å². The Balaban J connectivity index is 1.59. The molecule has 2 unspecified atom stereocenters. The largest absolute Gasteiger partial charge is 0.381 e. The molecule has 0 saturated carbocycles. The first-order valence-corrected chi connectivity index (χ1v) is 9.18. The minimum Gasteiger partial charge on any atom is -0.381 e. The maximum Gasteiger partial charge on any atom is 0.317 e. The topological polar surface area (TPSA) is 41.6 Å². The fourth-order valence-corrected chi connectivity index (χ4v) is 4.41. The second-order valence-corrected chi connectivity index (χ2v) is 7.84. The number of aryl methyl sites for hydroxylation is 1. The van der Waals surface area contributed by atoms with E-state index in [1.54, 1.807) is 11.3 Å². The second-order valence-electron chi connectivity index (χ2n) is 6.73. The van der Waals surface area contributed by atoms with Crippen LogP contribution in [0, 0.1) is 12.3 Å². The van der Waals surface area contributed by atoms with E-state index in [-0.39, 0.29) is 17.5 Å². The third-order valence-electron chi connectivity index (χ3n) is 4.99. The van der Waals surface area contributed by atoms with Crippen molar-refractivity contribution in [2.24, 2.45) is 5.41 Å². The molecule has 122 valence electrons. The number of thiophene rings is 1. The van der Waals surface area contributed by atoms with Crippen LogP contribution in [-0.4, -0.2) is 37.2 Å². The summed E-state index contributed by atoms with van der Waals surface area (Å²) >= 11 is 1.74. The lowest BCUT2D eigenvalue weighted by Crippen LogP contribution is -2.42. The molecule has 2 atom stereocenters. The molecule has 1 aromatic heterocycles. The predicted molar refractivity (Wildman–Crippen MR) is 89.3 cm³/mol. The highest BCUT2D eigenvalue weighted by molar-refractivity contribution is 7.10. The van der Waals surface area contributed by atoms with Crippen molar-refractivity contribution < 1.29 is 9.53 Å². The van der Waals surface area contributed by atoms with E-state index in [0.717, 1.165) is 45.6 Å². The van der Waals surface area contributed by atoms with Gasteiger partial charge in [-0.2, -0.15) is 0 Å². The monoisotopic (exact) mass is 322 g/mol. The molecule has 2 saturated heterocycles. The van der Waals surface area contributed by atoms with Gasteiger partial charge in [-0.3, -0.25) is 0 Å². The highest BCUT2D eigenvalue weighted by Gasteiger charge is 2.41. The normalized spacial score (nSPS) is 26.4. The zero-order valence-corrected chi connectivity index (χ0v) is 14.4. The maximum atomic E-state index is 12.6. The van der Waals surface area contributed by atoms with E-state index in [2.05, 4.69) is 30.6 Å². The molecule has 2 aliphatic rings. The summed E-state index contributed by atoms with van der Waals surface area (Å²) in [7, 11) is 0. The number of hydrogen-bond donors (Lipinski definition) is 1. The molecule has 1 aromatic rings. The first kappa shape index (κ1) is 15.8. The molecule has 2 aliphatic heterocycles. The average molecular weight is 322 g/mol. The molecular weight excluding hydrogens is 296 g/mol. The first-order chi connectivity index (χ1) is 10.6. The van der Waals surface area contributed by atoms with E-state index in [4.69, 9.17) is 4.74 Å². The highest BCUT2D eigenvalue weighted by atomic mass is 32.1. The van der Waals surface area contributed by atoms with Gasteiger partial charge in [-0.25, -0.2) is 4.79 Å². The lowest BCUT2D eigenvalue weighted by Gasteiger charge is -2.33. The molecule has 0 aromatic carbocycles. The Morgan fingerprint density at radius 1 is 1.55 bits per heavy atom. The number of ether oxygens (including phenoxy) is 1. The van der Waals surface area contributed by atoms with Crippen molar-refractivity contribution in [1.29, 1.82) is 0 Å².